The van der Waals surface area contributed by atoms with E-state index in [1.165, 1.54) is 6.07 Å². The van der Waals surface area contributed by atoms with Gasteiger partial charge in [0.25, 0.3) is 0 Å². The largest absolute Gasteiger partial charge is 0.337 e. The molecule has 0 fully saturated rings. The lowest BCUT2D eigenvalue weighted by Crippen LogP contribution is -2.33. The molecule has 0 spiro atoms. The summed E-state index contributed by atoms with van der Waals surface area (Å²) in [4.78, 5) is 14.7. The number of hydrogen-bond donors (Lipinski definition) is 0. The summed E-state index contributed by atoms with van der Waals surface area (Å²) in [6, 6.07) is 22.8. The van der Waals surface area contributed by atoms with E-state index in [0.29, 0.717) is 12.1 Å². The van der Waals surface area contributed by atoms with Crippen molar-refractivity contribution in [2.75, 3.05) is 6.54 Å². The first-order valence-electron chi connectivity index (χ1n) is 9.16. The topological polar surface area (TPSA) is 25.2 Å². The first kappa shape index (κ1) is 17.3. The predicted octanol–water partition coefficient (Wildman–Crippen LogP) is 4.98. The third-order valence-electron chi connectivity index (χ3n) is 5.03. The lowest BCUT2D eigenvalue weighted by molar-refractivity contribution is -0.132. The number of fused-ring (bicyclic) bond motifs is 3. The van der Waals surface area contributed by atoms with E-state index in [4.69, 9.17) is 0 Å². The zero-order chi connectivity index (χ0) is 18.8. The number of halogens is 1. The second-order valence-corrected chi connectivity index (χ2v) is 6.62. The fourth-order valence-electron chi connectivity index (χ4n) is 3.62. The van der Waals surface area contributed by atoms with Crippen LogP contribution in [0.1, 0.15) is 12.5 Å². The molecule has 1 heterocycles. The summed E-state index contributed by atoms with van der Waals surface area (Å²) in [6.45, 7) is 2.96. The van der Waals surface area contributed by atoms with Crippen molar-refractivity contribution in [3.8, 4) is 0 Å². The molecule has 1 aromatic heterocycles. The summed E-state index contributed by atoms with van der Waals surface area (Å²) in [5.41, 5.74) is 2.61. The van der Waals surface area contributed by atoms with Gasteiger partial charge in [-0.1, -0.05) is 54.6 Å². The van der Waals surface area contributed by atoms with Crippen LogP contribution in [0, 0.1) is 5.82 Å². The van der Waals surface area contributed by atoms with Gasteiger partial charge >= 0.3 is 0 Å². The normalized spacial score (nSPS) is 11.2. The molecule has 0 saturated carbocycles. The van der Waals surface area contributed by atoms with E-state index >= 15 is 0 Å². The van der Waals surface area contributed by atoms with Gasteiger partial charge in [-0.2, -0.15) is 0 Å². The van der Waals surface area contributed by atoms with Crippen LogP contribution >= 0.6 is 0 Å². The van der Waals surface area contributed by atoms with Crippen molar-refractivity contribution in [3.05, 3.63) is 84.2 Å². The van der Waals surface area contributed by atoms with E-state index in [0.717, 1.165) is 21.8 Å². The third-order valence-corrected chi connectivity index (χ3v) is 5.03. The molecule has 0 aliphatic heterocycles. The minimum atomic E-state index is -0.277. The van der Waals surface area contributed by atoms with Gasteiger partial charge in [-0.05, 0) is 25.1 Å². The van der Waals surface area contributed by atoms with Crippen LogP contribution in [-0.2, 0) is 17.9 Å². The van der Waals surface area contributed by atoms with Gasteiger partial charge < -0.3 is 9.47 Å². The molecule has 0 bridgehead atoms. The Morgan fingerprint density at radius 3 is 2.04 bits per heavy atom. The Hall–Kier alpha value is -3.14. The minimum Gasteiger partial charge on any atom is -0.337 e. The van der Waals surface area contributed by atoms with Crippen molar-refractivity contribution < 1.29 is 9.18 Å². The fourth-order valence-corrected chi connectivity index (χ4v) is 3.62. The molecule has 4 heteroatoms. The van der Waals surface area contributed by atoms with Gasteiger partial charge in [0.1, 0.15) is 12.4 Å². The number of rotatable bonds is 5. The quantitative estimate of drug-likeness (QED) is 0.493. The maximum Gasteiger partial charge on any atom is 0.242 e. The maximum absolute atomic E-state index is 14.0. The molecule has 4 rings (SSSR count). The maximum atomic E-state index is 14.0. The Morgan fingerprint density at radius 2 is 1.44 bits per heavy atom. The first-order chi connectivity index (χ1) is 13.2. The number of benzene rings is 3. The van der Waals surface area contributed by atoms with Gasteiger partial charge in [-0.3, -0.25) is 4.79 Å². The average molecular weight is 360 g/mol. The molecule has 3 nitrogen and oxygen atoms in total. The van der Waals surface area contributed by atoms with E-state index in [1.807, 2.05) is 43.3 Å². The smallest absolute Gasteiger partial charge is 0.242 e. The molecule has 3 aromatic carbocycles. The highest BCUT2D eigenvalue weighted by atomic mass is 19.1. The molecule has 0 unspecified atom stereocenters. The summed E-state index contributed by atoms with van der Waals surface area (Å²) < 4.78 is 16.1. The molecule has 0 radical (unpaired) electrons. The van der Waals surface area contributed by atoms with Crippen molar-refractivity contribution in [1.82, 2.24) is 9.47 Å². The Morgan fingerprint density at radius 1 is 0.889 bits per heavy atom. The lowest BCUT2D eigenvalue weighted by Gasteiger charge is -2.22. The van der Waals surface area contributed by atoms with Crippen LogP contribution < -0.4 is 0 Å². The number of likely N-dealkylation sites (N-methyl/N-ethyl adjacent to an activating group) is 1. The highest BCUT2D eigenvalue weighted by molar-refractivity contribution is 6.08. The van der Waals surface area contributed by atoms with Gasteiger partial charge in [-0.25, -0.2) is 4.39 Å². The standard InChI is InChI=1S/C23H21FN2O/c1-2-25(15-17-9-3-6-12-20(17)24)23(27)16-26-21-13-7-4-10-18(21)19-11-5-8-14-22(19)26/h3-14H,2,15-16H2,1H3. The van der Waals surface area contributed by atoms with Crippen LogP contribution in [0.5, 0.6) is 0 Å². The summed E-state index contributed by atoms with van der Waals surface area (Å²) in [6.07, 6.45) is 0. The molecular formula is C23H21FN2O. The Balaban J connectivity index is 1.68. The summed E-state index contributed by atoms with van der Waals surface area (Å²) in [7, 11) is 0. The number of carbonyl (C=O) groups excluding carboxylic acids is 1. The van der Waals surface area contributed by atoms with Gasteiger partial charge in [0, 0.05) is 40.5 Å². The van der Waals surface area contributed by atoms with Crippen LogP contribution in [0.2, 0.25) is 0 Å². The zero-order valence-corrected chi connectivity index (χ0v) is 15.2. The summed E-state index contributed by atoms with van der Waals surface area (Å²) in [5.74, 6) is -0.298. The molecule has 0 aliphatic rings. The van der Waals surface area contributed by atoms with Crippen molar-refractivity contribution in [2.24, 2.45) is 0 Å². The number of hydrogen-bond acceptors (Lipinski definition) is 1. The van der Waals surface area contributed by atoms with Gasteiger partial charge in [0.15, 0.2) is 0 Å². The molecule has 0 aliphatic carbocycles. The SMILES string of the molecule is CCN(Cc1ccccc1F)C(=O)Cn1c2ccccc2c2ccccc21. The van der Waals surface area contributed by atoms with E-state index < -0.39 is 0 Å². The molecule has 1 amide bonds. The van der Waals surface area contributed by atoms with Gasteiger partial charge in [0.05, 0.1) is 0 Å². The van der Waals surface area contributed by atoms with Crippen molar-refractivity contribution in [1.29, 1.82) is 0 Å². The van der Waals surface area contributed by atoms with Crippen molar-refractivity contribution in [2.45, 2.75) is 20.0 Å². The van der Waals surface area contributed by atoms with Crippen LogP contribution in [-0.4, -0.2) is 21.9 Å². The highest BCUT2D eigenvalue weighted by Crippen LogP contribution is 2.28. The average Bonchev–Trinajstić information content (AvgIpc) is 3.01. The summed E-state index contributed by atoms with van der Waals surface area (Å²) in [5, 5.41) is 2.27. The van der Waals surface area contributed by atoms with Crippen LogP contribution in [0.15, 0.2) is 72.8 Å². The number of para-hydroxylation sites is 2. The molecular weight excluding hydrogens is 339 g/mol. The number of nitrogens with zero attached hydrogens (tertiary/aromatic N) is 2. The second-order valence-electron chi connectivity index (χ2n) is 6.62. The predicted molar refractivity (Wildman–Crippen MR) is 107 cm³/mol. The summed E-state index contributed by atoms with van der Waals surface area (Å²) >= 11 is 0. The Bertz CT molecular complexity index is 1060. The van der Waals surface area contributed by atoms with E-state index in [-0.39, 0.29) is 24.8 Å². The fraction of sp³-hybridized carbons (Fsp3) is 0.174. The van der Waals surface area contributed by atoms with E-state index in [1.54, 1.807) is 23.1 Å². The lowest BCUT2D eigenvalue weighted by atomic mass is 10.2. The first-order valence-corrected chi connectivity index (χ1v) is 9.16. The Labute approximate surface area is 157 Å². The molecule has 0 atom stereocenters. The molecule has 4 aromatic rings. The highest BCUT2D eigenvalue weighted by Gasteiger charge is 2.17. The molecule has 0 N–H and O–H groups in total. The number of amides is 1. The molecule has 136 valence electrons. The number of carbonyl (C=O) groups is 1. The second kappa shape index (κ2) is 7.23. The van der Waals surface area contributed by atoms with Crippen LogP contribution in [0.25, 0.3) is 21.8 Å². The van der Waals surface area contributed by atoms with Crippen LogP contribution in [0.3, 0.4) is 0 Å². The van der Waals surface area contributed by atoms with E-state index in [9.17, 15) is 9.18 Å². The number of aromatic nitrogens is 1. The van der Waals surface area contributed by atoms with Crippen molar-refractivity contribution in [3.63, 3.8) is 0 Å². The Kier molecular flexibility index (Phi) is 4.63. The van der Waals surface area contributed by atoms with E-state index in [2.05, 4.69) is 16.7 Å². The minimum absolute atomic E-state index is 0.0211. The molecule has 0 saturated heterocycles. The molecule has 27 heavy (non-hydrogen) atoms. The zero-order valence-electron chi connectivity index (χ0n) is 15.2. The van der Waals surface area contributed by atoms with Gasteiger partial charge in [0.2, 0.25) is 5.91 Å². The monoisotopic (exact) mass is 360 g/mol. The third kappa shape index (κ3) is 3.19. The van der Waals surface area contributed by atoms with Crippen LogP contribution in [0.4, 0.5) is 4.39 Å². The van der Waals surface area contributed by atoms with Gasteiger partial charge in [-0.15, -0.1) is 0 Å². The van der Waals surface area contributed by atoms with Crippen molar-refractivity contribution >= 4 is 27.7 Å².